The summed E-state index contributed by atoms with van der Waals surface area (Å²) in [6, 6.07) is 17.9. The first-order valence-electron chi connectivity index (χ1n) is 13.4. The molecule has 206 valence electrons. The van der Waals surface area contributed by atoms with E-state index in [4.69, 9.17) is 14.9 Å². The van der Waals surface area contributed by atoms with Crippen molar-refractivity contribution in [1.82, 2.24) is 9.47 Å². The molecule has 1 unspecified atom stereocenters. The van der Waals surface area contributed by atoms with Gasteiger partial charge in [-0.1, -0.05) is 36.4 Å². The van der Waals surface area contributed by atoms with E-state index in [1.165, 1.54) is 6.07 Å². The molecule has 1 amide bonds. The van der Waals surface area contributed by atoms with Crippen LogP contribution in [0.4, 0.5) is 0 Å². The van der Waals surface area contributed by atoms with E-state index in [9.17, 15) is 19.5 Å². The minimum atomic E-state index is -0.777. The number of piperidine rings is 1. The van der Waals surface area contributed by atoms with E-state index in [1.807, 2.05) is 41.0 Å². The molecule has 1 fully saturated rings. The third-order valence-electron chi connectivity index (χ3n) is 8.17. The minimum Gasteiger partial charge on any atom is -0.502 e. The van der Waals surface area contributed by atoms with Crippen molar-refractivity contribution in [2.45, 2.75) is 37.8 Å². The molecule has 9 nitrogen and oxygen atoms in total. The van der Waals surface area contributed by atoms with Crippen LogP contribution in [0, 0.1) is 5.92 Å². The number of benzene rings is 2. The maximum atomic E-state index is 13.0. The van der Waals surface area contributed by atoms with Gasteiger partial charge in [0, 0.05) is 55.2 Å². The number of hydrogen-bond donors (Lipinski definition) is 2. The van der Waals surface area contributed by atoms with E-state index < -0.39 is 23.0 Å². The monoisotopic (exact) mass is 541 g/mol. The van der Waals surface area contributed by atoms with Crippen LogP contribution in [0.2, 0.25) is 0 Å². The number of rotatable bonds is 7. The van der Waals surface area contributed by atoms with Gasteiger partial charge in [0.25, 0.3) is 5.56 Å². The predicted octanol–water partition coefficient (Wildman–Crippen LogP) is 3.30. The molecule has 6 rings (SSSR count). The molecule has 0 radical (unpaired) electrons. The summed E-state index contributed by atoms with van der Waals surface area (Å²) in [5.41, 5.74) is 6.84. The first-order valence-corrected chi connectivity index (χ1v) is 13.4. The number of likely N-dealkylation sites (tertiary alicyclic amines) is 1. The number of amides is 1. The van der Waals surface area contributed by atoms with E-state index >= 15 is 0 Å². The zero-order chi connectivity index (χ0) is 28.0. The molecular weight excluding hydrogens is 510 g/mol. The first kappa shape index (κ1) is 25.9. The van der Waals surface area contributed by atoms with Gasteiger partial charge in [-0.3, -0.25) is 19.3 Å². The second kappa shape index (κ2) is 10.3. The van der Waals surface area contributed by atoms with Crippen molar-refractivity contribution < 1.29 is 19.1 Å². The molecule has 40 heavy (non-hydrogen) atoms. The van der Waals surface area contributed by atoms with Gasteiger partial charge in [0.05, 0.1) is 19.6 Å². The number of aromatic nitrogens is 1. The highest BCUT2D eigenvalue weighted by atomic mass is 16.5. The quantitative estimate of drug-likeness (QED) is 0.367. The second-order valence-electron chi connectivity index (χ2n) is 10.8. The van der Waals surface area contributed by atoms with Crippen molar-refractivity contribution in [3.8, 4) is 11.5 Å². The molecule has 4 heterocycles. The van der Waals surface area contributed by atoms with Gasteiger partial charge < -0.3 is 24.6 Å². The summed E-state index contributed by atoms with van der Waals surface area (Å²) in [5, 5.41) is 12.5. The van der Waals surface area contributed by atoms with Crippen LogP contribution in [-0.2, 0) is 17.9 Å². The lowest BCUT2D eigenvalue weighted by molar-refractivity contribution is -0.118. The summed E-state index contributed by atoms with van der Waals surface area (Å²) in [6.07, 6.45) is 0.853. The van der Waals surface area contributed by atoms with E-state index in [1.54, 1.807) is 25.3 Å². The Kier molecular flexibility index (Phi) is 6.67. The fraction of sp³-hybridized carbons (Fsp3) is 0.323. The summed E-state index contributed by atoms with van der Waals surface area (Å²) in [7, 11) is 1.59. The molecule has 1 saturated heterocycles. The van der Waals surface area contributed by atoms with Crippen molar-refractivity contribution in [3.63, 3.8) is 0 Å². The van der Waals surface area contributed by atoms with E-state index in [0.717, 1.165) is 29.4 Å². The normalized spacial score (nSPS) is 19.2. The third kappa shape index (κ3) is 4.66. The molecule has 3 atom stereocenters. The number of aromatic hydroxyl groups is 1. The Hall–Kier alpha value is -4.37. The summed E-state index contributed by atoms with van der Waals surface area (Å²) >= 11 is 0. The summed E-state index contributed by atoms with van der Waals surface area (Å²) in [6.45, 7) is 2.50. The molecule has 2 bridgehead atoms. The van der Waals surface area contributed by atoms with Crippen molar-refractivity contribution in [2.75, 3.05) is 20.2 Å². The van der Waals surface area contributed by atoms with Crippen molar-refractivity contribution in [3.05, 3.63) is 104 Å². The summed E-state index contributed by atoms with van der Waals surface area (Å²) in [5.74, 6) is -0.299. The van der Waals surface area contributed by atoms with Crippen molar-refractivity contribution in [1.29, 1.82) is 0 Å². The van der Waals surface area contributed by atoms with E-state index in [2.05, 4.69) is 4.90 Å². The Labute approximate surface area is 230 Å². The number of hydrogen-bond acceptors (Lipinski definition) is 7. The van der Waals surface area contributed by atoms with Crippen LogP contribution in [0.15, 0.2) is 74.7 Å². The smallest absolute Gasteiger partial charge is 0.250 e. The Balaban J connectivity index is 1.37. The number of nitrogens with two attached hydrogens (primary N) is 1. The molecule has 2 aliphatic heterocycles. The molecule has 0 spiro atoms. The third-order valence-corrected chi connectivity index (χ3v) is 8.17. The Bertz CT molecular complexity index is 1720. The molecule has 9 heteroatoms. The highest BCUT2D eigenvalue weighted by Gasteiger charge is 2.35. The lowest BCUT2D eigenvalue weighted by Crippen LogP contribution is -2.46. The van der Waals surface area contributed by atoms with E-state index in [0.29, 0.717) is 42.6 Å². The molecule has 2 aromatic carbocycles. The predicted molar refractivity (Wildman–Crippen MR) is 150 cm³/mol. The minimum absolute atomic E-state index is 0.0192. The van der Waals surface area contributed by atoms with Crippen LogP contribution in [0.25, 0.3) is 10.8 Å². The second-order valence-corrected chi connectivity index (χ2v) is 10.8. The average molecular weight is 542 g/mol. The number of methoxy groups -OCH3 is 1. The van der Waals surface area contributed by atoms with Gasteiger partial charge in [0.1, 0.15) is 11.5 Å². The Morgan fingerprint density at radius 1 is 1.07 bits per heavy atom. The van der Waals surface area contributed by atoms with Crippen LogP contribution in [-0.4, -0.2) is 40.7 Å². The van der Waals surface area contributed by atoms with Crippen molar-refractivity contribution in [2.24, 2.45) is 11.7 Å². The summed E-state index contributed by atoms with van der Waals surface area (Å²) in [4.78, 5) is 39.8. The van der Waals surface area contributed by atoms with Crippen LogP contribution in [0.3, 0.4) is 0 Å². The fourth-order valence-electron chi connectivity index (χ4n) is 6.54. The fourth-order valence-corrected chi connectivity index (χ4v) is 6.54. The Morgan fingerprint density at radius 3 is 2.65 bits per heavy atom. The number of fused-ring (bicyclic) bond motifs is 5. The number of carbonyl (C=O) groups excluding carboxylic acids is 1. The molecular formula is C31H31N3O6. The van der Waals surface area contributed by atoms with Gasteiger partial charge in [-0.25, -0.2) is 0 Å². The maximum Gasteiger partial charge on any atom is 0.250 e. The number of ether oxygens (including phenoxy) is 1. The van der Waals surface area contributed by atoms with Crippen LogP contribution in [0.5, 0.6) is 11.5 Å². The Morgan fingerprint density at radius 2 is 1.88 bits per heavy atom. The maximum absolute atomic E-state index is 13.0. The van der Waals surface area contributed by atoms with Crippen molar-refractivity contribution >= 4 is 16.7 Å². The van der Waals surface area contributed by atoms with E-state index in [-0.39, 0.29) is 23.7 Å². The highest BCUT2D eigenvalue weighted by Crippen LogP contribution is 2.40. The van der Waals surface area contributed by atoms with Gasteiger partial charge in [0.15, 0.2) is 5.76 Å². The first-order chi connectivity index (χ1) is 19.3. The van der Waals surface area contributed by atoms with Crippen LogP contribution < -0.4 is 21.5 Å². The van der Waals surface area contributed by atoms with Gasteiger partial charge in [-0.2, -0.15) is 0 Å². The molecule has 0 saturated carbocycles. The molecule has 2 aliphatic rings. The largest absolute Gasteiger partial charge is 0.502 e. The molecule has 4 aromatic rings. The number of pyridine rings is 1. The number of primary amides is 1. The number of nitrogens with zero attached hydrogens (tertiary/aromatic N) is 2. The van der Waals surface area contributed by atoms with Gasteiger partial charge in [-0.15, -0.1) is 0 Å². The summed E-state index contributed by atoms with van der Waals surface area (Å²) < 4.78 is 13.6. The van der Waals surface area contributed by atoms with Gasteiger partial charge in [-0.05, 0) is 35.4 Å². The zero-order valence-electron chi connectivity index (χ0n) is 22.2. The molecule has 2 aromatic heterocycles. The number of carbonyl (C=O) groups is 1. The SMILES string of the molecule is COc1ccc(C(CC(N)=O)c2oc(CN3C[C@H]4C[C@@H](C3)c3cccc(=O)n3C4)cc(=O)c2O)c2ccccc12. The lowest BCUT2D eigenvalue weighted by atomic mass is 9.83. The van der Waals surface area contributed by atoms with Crippen LogP contribution >= 0.6 is 0 Å². The van der Waals surface area contributed by atoms with Crippen LogP contribution in [0.1, 0.15) is 47.5 Å². The lowest BCUT2D eigenvalue weighted by Gasteiger charge is -2.42. The van der Waals surface area contributed by atoms with Gasteiger partial charge >= 0.3 is 0 Å². The highest BCUT2D eigenvalue weighted by molar-refractivity contribution is 5.92. The molecule has 3 N–H and O–H groups in total. The topological polar surface area (TPSA) is 128 Å². The standard InChI is InChI=1S/C31H31N3O6/c1-39-27-10-9-22(21-5-2-3-6-23(21)27)24(13-28(32)36)31-30(38)26(35)12-20(40-31)17-33-14-18-11-19(16-33)25-7-4-8-29(37)34(25)15-18/h2-10,12,18-19,24,38H,11,13-17H2,1H3,(H2,32,36)/t18-,19+,24?/m1/s1. The molecule has 0 aliphatic carbocycles. The zero-order valence-corrected chi connectivity index (χ0v) is 22.2. The van der Waals surface area contributed by atoms with Gasteiger partial charge in [0.2, 0.25) is 17.1 Å². The average Bonchev–Trinajstić information content (AvgIpc) is 2.94.